The number of rotatable bonds is 4. The minimum Gasteiger partial charge on any atom is -0.349 e. The SMILES string of the molecule is CN(C)C(=O)CC(C)(C)N(C)S(C)(=O)=O. The molecule has 0 bridgehead atoms. The lowest BCUT2D eigenvalue weighted by Gasteiger charge is -2.33. The Morgan fingerprint density at radius 2 is 1.60 bits per heavy atom. The average molecular weight is 236 g/mol. The first-order valence-electron chi connectivity index (χ1n) is 4.62. The Morgan fingerprint density at radius 3 is 1.87 bits per heavy atom. The van der Waals surface area contributed by atoms with Crippen LogP contribution in [-0.2, 0) is 14.8 Å². The van der Waals surface area contributed by atoms with Crippen LogP contribution in [0.1, 0.15) is 20.3 Å². The smallest absolute Gasteiger partial charge is 0.223 e. The highest BCUT2D eigenvalue weighted by atomic mass is 32.2. The van der Waals surface area contributed by atoms with E-state index in [0.717, 1.165) is 6.26 Å². The Hall–Kier alpha value is -0.620. The molecule has 0 aliphatic carbocycles. The number of hydrogen-bond donors (Lipinski definition) is 0. The number of sulfonamides is 1. The first-order chi connectivity index (χ1) is 6.48. The van der Waals surface area contributed by atoms with Gasteiger partial charge in [0.15, 0.2) is 0 Å². The highest BCUT2D eigenvalue weighted by molar-refractivity contribution is 7.88. The summed E-state index contributed by atoms with van der Waals surface area (Å²) in [5.41, 5.74) is -0.699. The van der Waals surface area contributed by atoms with Gasteiger partial charge in [-0.25, -0.2) is 8.42 Å². The van der Waals surface area contributed by atoms with E-state index < -0.39 is 15.6 Å². The fourth-order valence-electron chi connectivity index (χ4n) is 1.09. The quantitative estimate of drug-likeness (QED) is 0.697. The highest BCUT2D eigenvalue weighted by Gasteiger charge is 2.32. The van der Waals surface area contributed by atoms with Gasteiger partial charge in [-0.2, -0.15) is 4.31 Å². The first-order valence-corrected chi connectivity index (χ1v) is 6.47. The van der Waals surface area contributed by atoms with Crippen molar-refractivity contribution in [3.05, 3.63) is 0 Å². The molecule has 0 unspecified atom stereocenters. The number of carbonyl (C=O) groups is 1. The van der Waals surface area contributed by atoms with Crippen LogP contribution in [0.3, 0.4) is 0 Å². The van der Waals surface area contributed by atoms with Crippen LogP contribution >= 0.6 is 0 Å². The van der Waals surface area contributed by atoms with Gasteiger partial charge in [0.25, 0.3) is 0 Å². The Bertz CT molecular complexity index is 333. The van der Waals surface area contributed by atoms with Gasteiger partial charge in [-0.15, -0.1) is 0 Å². The van der Waals surface area contributed by atoms with Crippen molar-refractivity contribution in [1.82, 2.24) is 9.21 Å². The van der Waals surface area contributed by atoms with Gasteiger partial charge in [-0.3, -0.25) is 4.79 Å². The second-order valence-electron chi connectivity index (χ2n) is 4.51. The van der Waals surface area contributed by atoms with Crippen LogP contribution < -0.4 is 0 Å². The van der Waals surface area contributed by atoms with Gasteiger partial charge in [0, 0.05) is 33.1 Å². The maximum atomic E-state index is 11.5. The van der Waals surface area contributed by atoms with Gasteiger partial charge in [-0.1, -0.05) is 0 Å². The van der Waals surface area contributed by atoms with Gasteiger partial charge in [0.1, 0.15) is 0 Å². The number of amides is 1. The van der Waals surface area contributed by atoms with Crippen LogP contribution in [0, 0.1) is 0 Å². The van der Waals surface area contributed by atoms with E-state index in [0.29, 0.717) is 0 Å². The molecule has 0 saturated heterocycles. The summed E-state index contributed by atoms with van der Waals surface area (Å²) in [6.07, 6.45) is 1.30. The molecule has 5 nitrogen and oxygen atoms in total. The van der Waals surface area contributed by atoms with Crippen molar-refractivity contribution >= 4 is 15.9 Å². The summed E-state index contributed by atoms with van der Waals surface area (Å²) in [5, 5.41) is 0. The molecule has 90 valence electrons. The van der Waals surface area contributed by atoms with Crippen molar-refractivity contribution in [3.63, 3.8) is 0 Å². The Morgan fingerprint density at radius 1 is 1.20 bits per heavy atom. The number of hydrogen-bond acceptors (Lipinski definition) is 3. The van der Waals surface area contributed by atoms with Crippen molar-refractivity contribution in [2.75, 3.05) is 27.4 Å². The van der Waals surface area contributed by atoms with Gasteiger partial charge in [0.2, 0.25) is 15.9 Å². The van der Waals surface area contributed by atoms with E-state index in [1.807, 2.05) is 0 Å². The standard InChI is InChI=1S/C9H20N2O3S/c1-9(2,7-8(12)10(3)4)11(5)15(6,13)14/h7H2,1-6H3. The zero-order chi connectivity index (χ0) is 12.4. The normalized spacial score (nSPS) is 13.0. The van der Waals surface area contributed by atoms with Crippen molar-refractivity contribution in [3.8, 4) is 0 Å². The molecule has 0 heterocycles. The van der Waals surface area contributed by atoms with Gasteiger partial charge >= 0.3 is 0 Å². The van der Waals surface area contributed by atoms with Crippen LogP contribution in [0.4, 0.5) is 0 Å². The molecule has 0 aromatic carbocycles. The maximum absolute atomic E-state index is 11.5. The predicted octanol–water partition coefficient (Wildman–Crippen LogP) is 0.135. The lowest BCUT2D eigenvalue weighted by atomic mass is 10.0. The number of nitrogens with zero attached hydrogens (tertiary/aromatic N) is 2. The van der Waals surface area contributed by atoms with E-state index in [1.165, 1.54) is 16.3 Å². The summed E-state index contributed by atoms with van der Waals surface area (Å²) < 4.78 is 23.9. The minimum atomic E-state index is -3.27. The topological polar surface area (TPSA) is 57.7 Å². The third-order valence-corrected chi connectivity index (χ3v) is 3.92. The predicted molar refractivity (Wildman–Crippen MR) is 60.0 cm³/mol. The number of carbonyl (C=O) groups excluding carboxylic acids is 1. The zero-order valence-corrected chi connectivity index (χ0v) is 11.1. The molecule has 0 atom stereocenters. The molecular formula is C9H20N2O3S. The van der Waals surface area contributed by atoms with Crippen LogP contribution in [0.2, 0.25) is 0 Å². The highest BCUT2D eigenvalue weighted by Crippen LogP contribution is 2.20. The molecular weight excluding hydrogens is 216 g/mol. The second-order valence-corrected chi connectivity index (χ2v) is 6.52. The molecule has 0 aromatic rings. The monoisotopic (exact) mass is 236 g/mol. The zero-order valence-electron chi connectivity index (χ0n) is 10.2. The molecule has 0 aliphatic rings. The molecule has 0 aliphatic heterocycles. The van der Waals surface area contributed by atoms with Crippen molar-refractivity contribution in [1.29, 1.82) is 0 Å². The van der Waals surface area contributed by atoms with Crippen LogP contribution in [0.5, 0.6) is 0 Å². The van der Waals surface area contributed by atoms with E-state index in [1.54, 1.807) is 27.9 Å². The van der Waals surface area contributed by atoms with Gasteiger partial charge in [-0.05, 0) is 13.8 Å². The summed E-state index contributed by atoms with van der Waals surface area (Å²) in [5.74, 6) is -0.0875. The molecule has 15 heavy (non-hydrogen) atoms. The summed E-state index contributed by atoms with van der Waals surface area (Å²) in [6, 6.07) is 0. The van der Waals surface area contributed by atoms with Crippen LogP contribution in [0.25, 0.3) is 0 Å². The third kappa shape index (κ3) is 4.17. The minimum absolute atomic E-state index is 0.0875. The fourth-order valence-corrected chi connectivity index (χ4v) is 2.05. The van der Waals surface area contributed by atoms with Crippen LogP contribution in [0.15, 0.2) is 0 Å². The molecule has 0 N–H and O–H groups in total. The van der Waals surface area contributed by atoms with E-state index in [9.17, 15) is 13.2 Å². The van der Waals surface area contributed by atoms with Gasteiger partial charge in [0.05, 0.1) is 6.26 Å². The molecule has 6 heteroatoms. The van der Waals surface area contributed by atoms with E-state index >= 15 is 0 Å². The van der Waals surface area contributed by atoms with Crippen molar-refractivity contribution in [2.24, 2.45) is 0 Å². The maximum Gasteiger partial charge on any atom is 0.223 e. The Kier molecular flexibility index (Phi) is 4.30. The average Bonchev–Trinajstić information content (AvgIpc) is 2.00. The van der Waals surface area contributed by atoms with Crippen molar-refractivity contribution in [2.45, 2.75) is 25.8 Å². The summed E-state index contributed by atoms with van der Waals surface area (Å²) in [7, 11) is 1.52. The molecule has 0 rings (SSSR count). The molecule has 0 saturated carbocycles. The molecule has 0 aromatic heterocycles. The van der Waals surface area contributed by atoms with Gasteiger partial charge < -0.3 is 4.90 Å². The lowest BCUT2D eigenvalue weighted by Crippen LogP contribution is -2.47. The lowest BCUT2D eigenvalue weighted by molar-refractivity contribution is -0.130. The molecule has 0 radical (unpaired) electrons. The molecule has 0 fully saturated rings. The van der Waals surface area contributed by atoms with E-state index in [-0.39, 0.29) is 12.3 Å². The fraction of sp³-hybridized carbons (Fsp3) is 0.889. The van der Waals surface area contributed by atoms with Crippen LogP contribution in [-0.4, -0.2) is 56.5 Å². The summed E-state index contributed by atoms with van der Waals surface area (Å²) in [4.78, 5) is 13.0. The third-order valence-electron chi connectivity index (χ3n) is 2.43. The summed E-state index contributed by atoms with van der Waals surface area (Å²) >= 11 is 0. The molecule has 1 amide bonds. The van der Waals surface area contributed by atoms with Crippen molar-refractivity contribution < 1.29 is 13.2 Å². The first kappa shape index (κ1) is 14.4. The molecule has 0 spiro atoms. The summed E-state index contributed by atoms with van der Waals surface area (Å²) in [6.45, 7) is 3.46. The Balaban J connectivity index is 4.78. The Labute approximate surface area is 92.1 Å². The van der Waals surface area contributed by atoms with E-state index in [2.05, 4.69) is 0 Å². The van der Waals surface area contributed by atoms with E-state index in [4.69, 9.17) is 0 Å². The second kappa shape index (κ2) is 4.49. The largest absolute Gasteiger partial charge is 0.349 e.